The first-order valence-corrected chi connectivity index (χ1v) is 10.7. The third-order valence-corrected chi connectivity index (χ3v) is 6.30. The van der Waals surface area contributed by atoms with E-state index >= 15 is 0 Å². The van der Waals surface area contributed by atoms with Gasteiger partial charge in [0.1, 0.15) is 18.8 Å². The molecule has 1 N–H and O–H groups in total. The van der Waals surface area contributed by atoms with Crippen molar-refractivity contribution in [1.82, 2.24) is 19.6 Å². The summed E-state index contributed by atoms with van der Waals surface area (Å²) in [5.74, 6) is -1.08. The molecule has 0 radical (unpaired) electrons. The van der Waals surface area contributed by atoms with E-state index in [1.807, 2.05) is 0 Å². The fourth-order valence-corrected chi connectivity index (χ4v) is 3.86. The molecule has 0 aliphatic heterocycles. The Hall–Kier alpha value is -3.24. The number of halogens is 2. The van der Waals surface area contributed by atoms with Crippen molar-refractivity contribution in [3.05, 3.63) is 78.0 Å². The van der Waals surface area contributed by atoms with Crippen LogP contribution in [0, 0.1) is 5.82 Å². The molecule has 162 valence electrons. The normalized spacial score (nSPS) is 11.5. The van der Waals surface area contributed by atoms with Crippen molar-refractivity contribution in [2.45, 2.75) is 18.1 Å². The smallest absolute Gasteiger partial charge is 0.243 e. The molecule has 0 fully saturated rings. The number of amides is 1. The van der Waals surface area contributed by atoms with E-state index in [9.17, 15) is 22.0 Å². The molecule has 0 saturated carbocycles. The fraction of sp³-hybridized carbons (Fsp3) is 0.190. The number of aromatic nitrogens is 2. The maximum atomic E-state index is 13.0. The Balaban J connectivity index is 1.61. The van der Waals surface area contributed by atoms with Crippen molar-refractivity contribution < 1.29 is 22.0 Å². The summed E-state index contributed by atoms with van der Waals surface area (Å²) in [6.45, 7) is -0.893. The molecule has 7 nitrogen and oxygen atoms in total. The predicted octanol–water partition coefficient (Wildman–Crippen LogP) is 2.69. The number of rotatable bonds is 8. The molecular formula is C21H20F2N4O3S. The van der Waals surface area contributed by atoms with Gasteiger partial charge in [0.15, 0.2) is 0 Å². The molecule has 10 heteroatoms. The number of nitrogens with one attached hydrogen (secondary N) is 1. The zero-order valence-corrected chi connectivity index (χ0v) is 17.4. The summed E-state index contributed by atoms with van der Waals surface area (Å²) in [5.41, 5.74) is 2.47. The Labute approximate surface area is 178 Å². The summed E-state index contributed by atoms with van der Waals surface area (Å²) >= 11 is 0. The molecule has 1 heterocycles. The van der Waals surface area contributed by atoms with Crippen LogP contribution in [0.15, 0.2) is 65.8 Å². The lowest BCUT2D eigenvalue weighted by atomic mass is 10.1. The molecule has 0 aliphatic rings. The van der Waals surface area contributed by atoms with Gasteiger partial charge in [0, 0.05) is 12.6 Å². The molecule has 1 aromatic heterocycles. The Morgan fingerprint density at radius 2 is 1.74 bits per heavy atom. The Bertz CT molecular complexity index is 1150. The number of sulfonamides is 1. The summed E-state index contributed by atoms with van der Waals surface area (Å²) in [7, 11) is -2.66. The highest BCUT2D eigenvalue weighted by atomic mass is 32.2. The van der Waals surface area contributed by atoms with E-state index in [0.717, 1.165) is 34.1 Å². The minimum absolute atomic E-state index is 0.0708. The van der Waals surface area contributed by atoms with Crippen LogP contribution in [0.1, 0.15) is 11.3 Å². The average molecular weight is 446 g/mol. The quantitative estimate of drug-likeness (QED) is 0.574. The van der Waals surface area contributed by atoms with Gasteiger partial charge in [0.2, 0.25) is 15.9 Å². The minimum atomic E-state index is -3.93. The predicted molar refractivity (Wildman–Crippen MR) is 110 cm³/mol. The first-order valence-electron chi connectivity index (χ1n) is 9.24. The Kier molecular flexibility index (Phi) is 7.03. The van der Waals surface area contributed by atoms with Crippen molar-refractivity contribution in [3.8, 4) is 11.3 Å². The van der Waals surface area contributed by atoms with Crippen molar-refractivity contribution >= 4 is 15.9 Å². The SMILES string of the molecule is CN(CC(=O)NCc1cc(-c2ccc(CF)cc2)ncn1)S(=O)(=O)c1ccc(F)cc1. The zero-order valence-electron chi connectivity index (χ0n) is 16.6. The van der Waals surface area contributed by atoms with Crippen molar-refractivity contribution in [2.75, 3.05) is 13.6 Å². The van der Waals surface area contributed by atoms with Gasteiger partial charge in [-0.05, 0) is 35.9 Å². The van der Waals surface area contributed by atoms with Crippen LogP contribution in [0.4, 0.5) is 8.78 Å². The topological polar surface area (TPSA) is 92.3 Å². The molecule has 3 rings (SSSR count). The van der Waals surface area contributed by atoms with Gasteiger partial charge in [-0.1, -0.05) is 24.3 Å². The van der Waals surface area contributed by atoms with Crippen LogP contribution in [0.2, 0.25) is 0 Å². The van der Waals surface area contributed by atoms with Crippen LogP contribution >= 0.6 is 0 Å². The summed E-state index contributed by atoms with van der Waals surface area (Å²) in [4.78, 5) is 20.4. The molecule has 2 aromatic carbocycles. The van der Waals surface area contributed by atoms with Crippen LogP contribution in [0.5, 0.6) is 0 Å². The molecule has 0 atom stereocenters. The first-order chi connectivity index (χ1) is 14.8. The number of alkyl halides is 1. The van der Waals surface area contributed by atoms with Gasteiger partial charge < -0.3 is 5.32 Å². The van der Waals surface area contributed by atoms with Gasteiger partial charge in [0.05, 0.1) is 29.4 Å². The van der Waals surface area contributed by atoms with E-state index in [4.69, 9.17) is 0 Å². The summed E-state index contributed by atoms with van der Waals surface area (Å²) in [6, 6.07) is 12.9. The largest absolute Gasteiger partial charge is 0.349 e. The summed E-state index contributed by atoms with van der Waals surface area (Å²) in [6.07, 6.45) is 1.35. The molecule has 31 heavy (non-hydrogen) atoms. The van der Waals surface area contributed by atoms with Gasteiger partial charge in [0.25, 0.3) is 0 Å². The highest BCUT2D eigenvalue weighted by Gasteiger charge is 2.23. The minimum Gasteiger partial charge on any atom is -0.349 e. The number of nitrogens with zero attached hydrogens (tertiary/aromatic N) is 3. The van der Waals surface area contributed by atoms with Gasteiger partial charge in [-0.2, -0.15) is 4.31 Å². The fourth-order valence-electron chi connectivity index (χ4n) is 2.74. The molecule has 3 aromatic rings. The molecule has 1 amide bonds. The van der Waals surface area contributed by atoms with Crippen LogP contribution in [0.25, 0.3) is 11.3 Å². The lowest BCUT2D eigenvalue weighted by molar-refractivity contribution is -0.121. The second-order valence-corrected chi connectivity index (χ2v) is 8.76. The standard InChI is InChI=1S/C21H20F2N4O3S/c1-27(31(29,30)19-8-6-17(23)7-9-19)13-21(28)24-12-18-10-20(26-14-25-18)16-4-2-15(11-22)3-5-16/h2-10,14H,11-13H2,1H3,(H,24,28). The van der Waals surface area contributed by atoms with E-state index in [1.165, 1.54) is 13.4 Å². The first kappa shape index (κ1) is 22.4. The summed E-state index contributed by atoms with van der Waals surface area (Å²) in [5, 5.41) is 2.61. The molecule has 0 aliphatic carbocycles. The van der Waals surface area contributed by atoms with E-state index < -0.39 is 35.0 Å². The maximum absolute atomic E-state index is 13.0. The van der Waals surface area contributed by atoms with Crippen LogP contribution < -0.4 is 5.32 Å². The Morgan fingerprint density at radius 3 is 2.39 bits per heavy atom. The van der Waals surface area contributed by atoms with Crippen molar-refractivity contribution in [1.29, 1.82) is 0 Å². The number of likely N-dealkylation sites (N-methyl/N-ethyl adjacent to an activating group) is 1. The molecule has 0 saturated heterocycles. The maximum Gasteiger partial charge on any atom is 0.243 e. The third kappa shape index (κ3) is 5.68. The summed E-state index contributed by atoms with van der Waals surface area (Å²) < 4.78 is 51.5. The van der Waals surface area contributed by atoms with Crippen LogP contribution in [-0.4, -0.2) is 42.2 Å². The number of hydrogen-bond acceptors (Lipinski definition) is 5. The number of hydrogen-bond donors (Lipinski definition) is 1. The van der Waals surface area contributed by atoms with Crippen molar-refractivity contribution in [3.63, 3.8) is 0 Å². The molecule has 0 unspecified atom stereocenters. The lowest BCUT2D eigenvalue weighted by Gasteiger charge is -2.17. The number of benzene rings is 2. The van der Waals surface area contributed by atoms with Gasteiger partial charge >= 0.3 is 0 Å². The van der Waals surface area contributed by atoms with Gasteiger partial charge in [-0.3, -0.25) is 4.79 Å². The van der Waals surface area contributed by atoms with Crippen LogP contribution in [-0.2, 0) is 28.0 Å². The van der Waals surface area contributed by atoms with Gasteiger partial charge in [-0.25, -0.2) is 27.2 Å². The molecular weight excluding hydrogens is 426 g/mol. The van der Waals surface area contributed by atoms with E-state index in [0.29, 0.717) is 17.0 Å². The molecule has 0 bridgehead atoms. The second kappa shape index (κ2) is 9.71. The number of carbonyl (C=O) groups excluding carboxylic acids is 1. The van der Waals surface area contributed by atoms with E-state index in [1.54, 1.807) is 30.3 Å². The number of carbonyl (C=O) groups is 1. The van der Waals surface area contributed by atoms with Gasteiger partial charge in [-0.15, -0.1) is 0 Å². The van der Waals surface area contributed by atoms with E-state index in [-0.39, 0.29) is 11.4 Å². The molecule has 0 spiro atoms. The average Bonchev–Trinajstić information content (AvgIpc) is 2.78. The van der Waals surface area contributed by atoms with E-state index in [2.05, 4.69) is 15.3 Å². The monoisotopic (exact) mass is 446 g/mol. The zero-order chi connectivity index (χ0) is 22.4. The van der Waals surface area contributed by atoms with Crippen molar-refractivity contribution in [2.24, 2.45) is 0 Å². The third-order valence-electron chi connectivity index (χ3n) is 4.48. The highest BCUT2D eigenvalue weighted by molar-refractivity contribution is 7.89. The second-order valence-electron chi connectivity index (χ2n) is 6.72. The Morgan fingerprint density at radius 1 is 1.06 bits per heavy atom. The van der Waals surface area contributed by atoms with Crippen LogP contribution in [0.3, 0.4) is 0 Å². The highest BCUT2D eigenvalue weighted by Crippen LogP contribution is 2.18. The lowest BCUT2D eigenvalue weighted by Crippen LogP contribution is -2.38.